The second kappa shape index (κ2) is 7.45. The van der Waals surface area contributed by atoms with Gasteiger partial charge in [-0.25, -0.2) is 0 Å². The standard InChI is InChI=1S/C18H19NO7S/c1-11-3-5-14(6-4-11)27(21,22)24-10-13-9-23-16-8-7-15(19)17(18(16)26-13)25-12(2)20/h3-8,13H,9-10,19H2,1-2H3/t13-/m1/s1. The SMILES string of the molecule is CC(=O)Oc1c(N)ccc2c1O[C@@H](COS(=O)(=O)c1ccc(C)cc1)CO2. The molecular formula is C18H19NO7S. The molecule has 0 unspecified atom stereocenters. The minimum Gasteiger partial charge on any atom is -0.486 e. The molecule has 0 saturated heterocycles. The largest absolute Gasteiger partial charge is 0.486 e. The van der Waals surface area contributed by atoms with E-state index in [1.54, 1.807) is 18.2 Å². The summed E-state index contributed by atoms with van der Waals surface area (Å²) in [4.78, 5) is 11.3. The normalized spacial score (nSPS) is 16.0. The number of carbonyl (C=O) groups is 1. The fraction of sp³-hybridized carbons (Fsp3) is 0.278. The highest BCUT2D eigenvalue weighted by atomic mass is 32.2. The van der Waals surface area contributed by atoms with E-state index in [1.165, 1.54) is 25.1 Å². The van der Waals surface area contributed by atoms with Gasteiger partial charge in [0.15, 0.2) is 17.6 Å². The van der Waals surface area contributed by atoms with Gasteiger partial charge in [0.2, 0.25) is 5.75 Å². The lowest BCUT2D eigenvalue weighted by molar-refractivity contribution is -0.132. The van der Waals surface area contributed by atoms with Crippen molar-refractivity contribution in [3.63, 3.8) is 0 Å². The van der Waals surface area contributed by atoms with Crippen LogP contribution < -0.4 is 19.9 Å². The molecule has 0 bridgehead atoms. The van der Waals surface area contributed by atoms with Crippen molar-refractivity contribution in [2.45, 2.75) is 24.8 Å². The molecule has 0 saturated carbocycles. The average molecular weight is 393 g/mol. The van der Waals surface area contributed by atoms with Crippen LogP contribution in [0.1, 0.15) is 12.5 Å². The third-order valence-electron chi connectivity index (χ3n) is 3.78. The van der Waals surface area contributed by atoms with E-state index in [0.717, 1.165) is 5.56 Å². The van der Waals surface area contributed by atoms with Crippen LogP contribution in [0.2, 0.25) is 0 Å². The van der Waals surface area contributed by atoms with E-state index < -0.39 is 22.2 Å². The van der Waals surface area contributed by atoms with Gasteiger partial charge in [-0.1, -0.05) is 17.7 Å². The Labute approximate surface area is 156 Å². The monoisotopic (exact) mass is 393 g/mol. The van der Waals surface area contributed by atoms with Crippen LogP contribution in [0.5, 0.6) is 17.2 Å². The Bertz CT molecular complexity index is 954. The molecule has 0 fully saturated rings. The molecule has 0 amide bonds. The van der Waals surface area contributed by atoms with E-state index in [-0.39, 0.29) is 35.3 Å². The number of hydrogen-bond acceptors (Lipinski definition) is 8. The van der Waals surface area contributed by atoms with Crippen LogP contribution in [-0.2, 0) is 19.1 Å². The molecule has 144 valence electrons. The topological polar surface area (TPSA) is 114 Å². The van der Waals surface area contributed by atoms with Gasteiger partial charge in [0.05, 0.1) is 10.6 Å². The molecule has 2 N–H and O–H groups in total. The number of hydrogen-bond donors (Lipinski definition) is 1. The summed E-state index contributed by atoms with van der Waals surface area (Å²) in [5.74, 6) is -0.0546. The zero-order valence-corrected chi connectivity index (χ0v) is 15.6. The van der Waals surface area contributed by atoms with Crippen LogP contribution in [0.15, 0.2) is 41.3 Å². The van der Waals surface area contributed by atoms with E-state index in [2.05, 4.69) is 0 Å². The van der Waals surface area contributed by atoms with Gasteiger partial charge in [-0.15, -0.1) is 0 Å². The van der Waals surface area contributed by atoms with Crippen molar-refractivity contribution >= 4 is 21.8 Å². The lowest BCUT2D eigenvalue weighted by Crippen LogP contribution is -2.34. The highest BCUT2D eigenvalue weighted by Gasteiger charge is 2.28. The zero-order valence-electron chi connectivity index (χ0n) is 14.8. The van der Waals surface area contributed by atoms with Crippen molar-refractivity contribution < 1.29 is 31.6 Å². The third kappa shape index (κ3) is 4.32. The molecule has 8 nitrogen and oxygen atoms in total. The second-order valence-electron chi connectivity index (χ2n) is 6.01. The maximum Gasteiger partial charge on any atom is 0.308 e. The summed E-state index contributed by atoms with van der Waals surface area (Å²) in [7, 11) is -3.94. The average Bonchev–Trinajstić information content (AvgIpc) is 2.62. The summed E-state index contributed by atoms with van der Waals surface area (Å²) < 4.78 is 46.0. The number of aryl methyl sites for hydroxylation is 1. The van der Waals surface area contributed by atoms with Crippen molar-refractivity contribution in [2.24, 2.45) is 0 Å². The lowest BCUT2D eigenvalue weighted by atomic mass is 10.2. The summed E-state index contributed by atoms with van der Waals surface area (Å²) in [5.41, 5.74) is 6.96. The van der Waals surface area contributed by atoms with Crippen LogP contribution in [0.4, 0.5) is 5.69 Å². The summed E-state index contributed by atoms with van der Waals surface area (Å²) in [6.07, 6.45) is -0.728. The van der Waals surface area contributed by atoms with Gasteiger partial charge in [-0.05, 0) is 31.2 Å². The van der Waals surface area contributed by atoms with Crippen LogP contribution in [-0.4, -0.2) is 33.7 Å². The first kappa shape index (κ1) is 19.0. The Morgan fingerprint density at radius 1 is 1.22 bits per heavy atom. The number of nitrogen functional groups attached to an aromatic ring is 1. The lowest BCUT2D eigenvalue weighted by Gasteiger charge is -2.27. The molecule has 27 heavy (non-hydrogen) atoms. The van der Waals surface area contributed by atoms with E-state index >= 15 is 0 Å². The molecular weight excluding hydrogens is 374 g/mol. The number of fused-ring (bicyclic) bond motifs is 1. The molecule has 1 atom stereocenters. The Kier molecular flexibility index (Phi) is 5.24. The summed E-state index contributed by atoms with van der Waals surface area (Å²) in [6.45, 7) is 2.88. The number of nitrogens with two attached hydrogens (primary N) is 1. The Morgan fingerprint density at radius 2 is 1.93 bits per heavy atom. The van der Waals surface area contributed by atoms with Crippen LogP contribution in [0, 0.1) is 6.92 Å². The van der Waals surface area contributed by atoms with E-state index in [0.29, 0.717) is 5.75 Å². The maximum atomic E-state index is 12.3. The summed E-state index contributed by atoms with van der Waals surface area (Å²) in [5, 5.41) is 0. The number of rotatable bonds is 5. The van der Waals surface area contributed by atoms with Crippen LogP contribution >= 0.6 is 0 Å². The fourth-order valence-electron chi connectivity index (χ4n) is 2.44. The van der Waals surface area contributed by atoms with E-state index in [9.17, 15) is 13.2 Å². The van der Waals surface area contributed by atoms with E-state index in [1.807, 2.05) is 6.92 Å². The minimum atomic E-state index is -3.94. The molecule has 0 aromatic heterocycles. The molecule has 0 aliphatic carbocycles. The zero-order chi connectivity index (χ0) is 19.6. The van der Waals surface area contributed by atoms with Gasteiger partial charge in [0.25, 0.3) is 10.1 Å². The van der Waals surface area contributed by atoms with Crippen molar-refractivity contribution in [3.8, 4) is 17.2 Å². The minimum absolute atomic E-state index is 0.0334. The molecule has 0 spiro atoms. The Morgan fingerprint density at radius 3 is 2.59 bits per heavy atom. The van der Waals surface area contributed by atoms with Crippen molar-refractivity contribution in [3.05, 3.63) is 42.0 Å². The summed E-state index contributed by atoms with van der Waals surface area (Å²) in [6, 6.07) is 9.41. The molecule has 0 radical (unpaired) electrons. The van der Waals surface area contributed by atoms with Crippen molar-refractivity contribution in [1.82, 2.24) is 0 Å². The fourth-order valence-corrected chi connectivity index (χ4v) is 3.37. The van der Waals surface area contributed by atoms with Crippen LogP contribution in [0.3, 0.4) is 0 Å². The highest BCUT2D eigenvalue weighted by Crippen LogP contribution is 2.44. The first-order valence-electron chi connectivity index (χ1n) is 8.13. The third-order valence-corrected chi connectivity index (χ3v) is 5.08. The second-order valence-corrected chi connectivity index (χ2v) is 7.62. The van der Waals surface area contributed by atoms with Gasteiger partial charge in [0.1, 0.15) is 13.2 Å². The van der Waals surface area contributed by atoms with Crippen molar-refractivity contribution in [1.29, 1.82) is 0 Å². The van der Waals surface area contributed by atoms with Gasteiger partial charge >= 0.3 is 5.97 Å². The Balaban J connectivity index is 1.73. The number of benzene rings is 2. The molecule has 2 aromatic carbocycles. The maximum absolute atomic E-state index is 12.3. The Hall–Kier alpha value is -2.78. The van der Waals surface area contributed by atoms with Gasteiger partial charge in [0, 0.05) is 6.92 Å². The number of ether oxygens (including phenoxy) is 3. The number of anilines is 1. The highest BCUT2D eigenvalue weighted by molar-refractivity contribution is 7.86. The number of esters is 1. The predicted octanol–water partition coefficient (Wildman–Crippen LogP) is 2.05. The first-order chi connectivity index (χ1) is 12.8. The quantitative estimate of drug-likeness (QED) is 0.355. The molecule has 1 heterocycles. The van der Waals surface area contributed by atoms with Gasteiger partial charge in [-0.3, -0.25) is 8.98 Å². The smallest absolute Gasteiger partial charge is 0.308 e. The molecule has 1 aliphatic heterocycles. The predicted molar refractivity (Wildman–Crippen MR) is 96.4 cm³/mol. The molecule has 3 rings (SSSR count). The van der Waals surface area contributed by atoms with Crippen LogP contribution in [0.25, 0.3) is 0 Å². The van der Waals surface area contributed by atoms with Gasteiger partial charge < -0.3 is 19.9 Å². The van der Waals surface area contributed by atoms with Gasteiger partial charge in [-0.2, -0.15) is 8.42 Å². The number of carbonyl (C=O) groups excluding carboxylic acids is 1. The first-order valence-corrected chi connectivity index (χ1v) is 9.53. The molecule has 1 aliphatic rings. The summed E-state index contributed by atoms with van der Waals surface area (Å²) >= 11 is 0. The molecule has 9 heteroatoms. The van der Waals surface area contributed by atoms with E-state index in [4.69, 9.17) is 24.1 Å². The van der Waals surface area contributed by atoms with Crippen molar-refractivity contribution in [2.75, 3.05) is 18.9 Å². The molecule has 2 aromatic rings.